The summed E-state index contributed by atoms with van der Waals surface area (Å²) in [4.78, 5) is 13.4. The van der Waals surface area contributed by atoms with Gasteiger partial charge >= 0.3 is 0 Å². The van der Waals surface area contributed by atoms with Crippen LogP contribution in [-0.4, -0.2) is 35.9 Å². The van der Waals surface area contributed by atoms with Crippen LogP contribution in [0.5, 0.6) is 5.75 Å². The van der Waals surface area contributed by atoms with Crippen LogP contribution in [0, 0.1) is 0 Å². The van der Waals surface area contributed by atoms with Gasteiger partial charge in [-0.25, -0.2) is 0 Å². The molecule has 1 heterocycles. The normalized spacial score (nSPS) is 19.3. The van der Waals surface area contributed by atoms with E-state index in [1.807, 2.05) is 30.0 Å². The molecule has 1 amide bonds. The van der Waals surface area contributed by atoms with Crippen LogP contribution in [0.1, 0.15) is 18.9 Å². The van der Waals surface area contributed by atoms with Crippen LogP contribution in [0.3, 0.4) is 0 Å². The summed E-state index contributed by atoms with van der Waals surface area (Å²) in [7, 11) is 0. The Hall–Kier alpha value is -1.22. The molecule has 1 unspecified atom stereocenters. The van der Waals surface area contributed by atoms with Crippen LogP contribution in [0.15, 0.2) is 24.3 Å². The maximum absolute atomic E-state index is 11.6. The van der Waals surface area contributed by atoms with Crippen LogP contribution in [-0.2, 0) is 11.2 Å². The molecule has 0 saturated carbocycles. The van der Waals surface area contributed by atoms with Crippen LogP contribution in [0.2, 0.25) is 0 Å². The Morgan fingerprint density at radius 1 is 1.50 bits per heavy atom. The summed E-state index contributed by atoms with van der Waals surface area (Å²) in [6.07, 6.45) is 1.32. The number of ether oxygens (including phenoxy) is 1. The highest BCUT2D eigenvalue weighted by molar-refractivity contribution is 6.22. The number of likely N-dealkylation sites (tertiary alicyclic amines) is 1. The summed E-state index contributed by atoms with van der Waals surface area (Å²) in [6, 6.07) is 8.02. The number of alkyl halides is 1. The summed E-state index contributed by atoms with van der Waals surface area (Å²) in [5.41, 5.74) is 1.19. The Kier molecular flexibility index (Phi) is 4.48. The molecule has 0 aromatic heterocycles. The van der Waals surface area contributed by atoms with Gasteiger partial charge in [0.1, 0.15) is 5.75 Å². The largest absolute Gasteiger partial charge is 0.494 e. The molecule has 1 saturated heterocycles. The van der Waals surface area contributed by atoms with Gasteiger partial charge in [-0.3, -0.25) is 4.79 Å². The van der Waals surface area contributed by atoms with Gasteiger partial charge in [-0.15, -0.1) is 11.6 Å². The lowest BCUT2D eigenvalue weighted by atomic mass is 10.1. The van der Waals surface area contributed by atoms with Gasteiger partial charge < -0.3 is 9.64 Å². The van der Waals surface area contributed by atoms with E-state index in [2.05, 4.69) is 6.07 Å². The fourth-order valence-electron chi connectivity index (χ4n) is 2.16. The van der Waals surface area contributed by atoms with Crippen molar-refractivity contribution < 1.29 is 9.53 Å². The first kappa shape index (κ1) is 13.2. The highest BCUT2D eigenvalue weighted by Crippen LogP contribution is 2.18. The number of carbonyl (C=O) groups is 1. The quantitative estimate of drug-likeness (QED) is 0.767. The Balaban J connectivity index is 1.90. The molecule has 1 atom stereocenters. The first-order chi connectivity index (χ1) is 8.69. The highest BCUT2D eigenvalue weighted by atomic mass is 35.5. The Bertz CT molecular complexity index is 422. The van der Waals surface area contributed by atoms with Crippen molar-refractivity contribution in [3.63, 3.8) is 0 Å². The standard InChI is InChI=1S/C14H18ClNO2/c1-2-18-13-5-3-4-11(8-13)6-7-16-10-12(15)9-14(16)17/h3-5,8,12H,2,6-7,9-10H2,1H3. The number of hydrogen-bond acceptors (Lipinski definition) is 2. The van der Waals surface area contributed by atoms with Crippen molar-refractivity contribution in [1.82, 2.24) is 4.90 Å². The molecule has 98 valence electrons. The summed E-state index contributed by atoms with van der Waals surface area (Å²) in [6.45, 7) is 4.04. The highest BCUT2D eigenvalue weighted by Gasteiger charge is 2.27. The third-order valence-electron chi connectivity index (χ3n) is 3.05. The maximum atomic E-state index is 11.6. The summed E-state index contributed by atoms with van der Waals surface area (Å²) in [5, 5.41) is -0.0211. The molecule has 0 spiro atoms. The van der Waals surface area contributed by atoms with Crippen LogP contribution < -0.4 is 4.74 Å². The van der Waals surface area contributed by atoms with E-state index in [0.29, 0.717) is 19.6 Å². The number of halogens is 1. The van der Waals surface area contributed by atoms with Crippen molar-refractivity contribution in [1.29, 1.82) is 0 Å². The molecule has 1 fully saturated rings. The maximum Gasteiger partial charge on any atom is 0.224 e. The predicted octanol–water partition coefficient (Wildman–Crippen LogP) is 2.47. The van der Waals surface area contributed by atoms with Gasteiger partial charge in [0.15, 0.2) is 0 Å². The van der Waals surface area contributed by atoms with E-state index in [1.54, 1.807) is 0 Å². The van der Waals surface area contributed by atoms with Gasteiger partial charge in [-0.1, -0.05) is 12.1 Å². The van der Waals surface area contributed by atoms with Crippen molar-refractivity contribution in [3.05, 3.63) is 29.8 Å². The van der Waals surface area contributed by atoms with E-state index < -0.39 is 0 Å². The second-order valence-corrected chi connectivity index (χ2v) is 5.09. The van der Waals surface area contributed by atoms with Crippen molar-refractivity contribution in [2.24, 2.45) is 0 Å². The average Bonchev–Trinajstić information content (AvgIpc) is 2.66. The van der Waals surface area contributed by atoms with Crippen molar-refractivity contribution in [3.8, 4) is 5.75 Å². The molecule has 3 nitrogen and oxygen atoms in total. The lowest BCUT2D eigenvalue weighted by Crippen LogP contribution is -2.27. The molecule has 0 radical (unpaired) electrons. The summed E-state index contributed by atoms with van der Waals surface area (Å²) in [5.74, 6) is 1.05. The lowest BCUT2D eigenvalue weighted by molar-refractivity contribution is -0.127. The zero-order valence-corrected chi connectivity index (χ0v) is 11.3. The number of carbonyl (C=O) groups excluding carboxylic acids is 1. The van der Waals surface area contributed by atoms with Crippen molar-refractivity contribution in [2.75, 3.05) is 19.7 Å². The van der Waals surface area contributed by atoms with Crippen LogP contribution in [0.4, 0.5) is 0 Å². The Morgan fingerprint density at radius 2 is 2.33 bits per heavy atom. The molecule has 1 aliphatic heterocycles. The monoisotopic (exact) mass is 267 g/mol. The average molecular weight is 268 g/mol. The second kappa shape index (κ2) is 6.10. The number of benzene rings is 1. The molecular weight excluding hydrogens is 250 g/mol. The van der Waals surface area contributed by atoms with Crippen molar-refractivity contribution in [2.45, 2.75) is 25.1 Å². The third-order valence-corrected chi connectivity index (χ3v) is 3.34. The zero-order chi connectivity index (χ0) is 13.0. The fourth-order valence-corrected chi connectivity index (χ4v) is 2.46. The Labute approximate surface area is 113 Å². The van der Waals surface area contributed by atoms with Crippen molar-refractivity contribution >= 4 is 17.5 Å². The van der Waals surface area contributed by atoms with Gasteiger partial charge in [-0.2, -0.15) is 0 Å². The topological polar surface area (TPSA) is 29.5 Å². The smallest absolute Gasteiger partial charge is 0.224 e. The van der Waals surface area contributed by atoms with Gasteiger partial charge in [0.2, 0.25) is 5.91 Å². The number of amides is 1. The number of nitrogens with zero attached hydrogens (tertiary/aromatic N) is 1. The summed E-state index contributed by atoms with van der Waals surface area (Å²) >= 11 is 5.97. The molecule has 0 N–H and O–H groups in total. The van der Waals surface area contributed by atoms with E-state index in [-0.39, 0.29) is 11.3 Å². The van der Waals surface area contributed by atoms with Gasteiger partial charge in [0, 0.05) is 19.5 Å². The molecule has 1 aromatic rings. The molecular formula is C14H18ClNO2. The minimum atomic E-state index is -0.0211. The number of hydrogen-bond donors (Lipinski definition) is 0. The molecule has 2 rings (SSSR count). The van der Waals surface area contributed by atoms with E-state index in [9.17, 15) is 4.79 Å². The van der Waals surface area contributed by atoms with E-state index >= 15 is 0 Å². The molecule has 0 aliphatic carbocycles. The van der Waals surface area contributed by atoms with Crippen LogP contribution in [0.25, 0.3) is 0 Å². The van der Waals surface area contributed by atoms with Crippen LogP contribution >= 0.6 is 11.6 Å². The second-order valence-electron chi connectivity index (χ2n) is 4.47. The van der Waals surface area contributed by atoms with Gasteiger partial charge in [-0.05, 0) is 31.0 Å². The fraction of sp³-hybridized carbons (Fsp3) is 0.500. The SMILES string of the molecule is CCOc1cccc(CCN2CC(Cl)CC2=O)c1. The minimum absolute atomic E-state index is 0.0211. The van der Waals surface area contributed by atoms with Gasteiger partial charge in [0.05, 0.1) is 12.0 Å². The van der Waals surface area contributed by atoms with Gasteiger partial charge in [0.25, 0.3) is 0 Å². The number of rotatable bonds is 5. The molecule has 1 aliphatic rings. The molecule has 18 heavy (non-hydrogen) atoms. The minimum Gasteiger partial charge on any atom is -0.494 e. The lowest BCUT2D eigenvalue weighted by Gasteiger charge is -2.15. The first-order valence-electron chi connectivity index (χ1n) is 6.32. The zero-order valence-electron chi connectivity index (χ0n) is 10.6. The summed E-state index contributed by atoms with van der Waals surface area (Å²) < 4.78 is 5.45. The molecule has 4 heteroatoms. The third kappa shape index (κ3) is 3.39. The molecule has 0 bridgehead atoms. The molecule has 1 aromatic carbocycles. The van der Waals surface area contributed by atoms with E-state index in [1.165, 1.54) is 5.56 Å². The van der Waals surface area contributed by atoms with E-state index in [0.717, 1.165) is 18.7 Å². The van der Waals surface area contributed by atoms with E-state index in [4.69, 9.17) is 16.3 Å². The Morgan fingerprint density at radius 3 is 3.00 bits per heavy atom. The first-order valence-corrected chi connectivity index (χ1v) is 6.76. The predicted molar refractivity (Wildman–Crippen MR) is 72.2 cm³/mol.